The SMILES string of the molecule is CC(C)(C)n1nnnc1S[C@@H](C(=O)c1c[nH]c2ccccc12)c1ccccc1. The van der Waals surface area contributed by atoms with Gasteiger partial charge < -0.3 is 4.98 Å². The number of carbonyl (C=O) groups excluding carboxylic acids is 1. The van der Waals surface area contributed by atoms with Crippen molar-refractivity contribution in [1.29, 1.82) is 0 Å². The van der Waals surface area contributed by atoms with E-state index in [2.05, 4.69) is 20.5 Å². The number of hydrogen-bond acceptors (Lipinski definition) is 5. The summed E-state index contributed by atoms with van der Waals surface area (Å²) in [7, 11) is 0. The second kappa shape index (κ2) is 7.24. The van der Waals surface area contributed by atoms with Crippen LogP contribution in [-0.4, -0.2) is 31.0 Å². The highest BCUT2D eigenvalue weighted by Crippen LogP contribution is 2.39. The number of fused-ring (bicyclic) bond motifs is 1. The number of carbonyl (C=O) groups is 1. The summed E-state index contributed by atoms with van der Waals surface area (Å²) in [4.78, 5) is 16.8. The van der Waals surface area contributed by atoms with Gasteiger partial charge in [0.2, 0.25) is 5.16 Å². The fraction of sp³-hybridized carbons (Fsp3) is 0.238. The van der Waals surface area contributed by atoms with Crippen LogP contribution in [-0.2, 0) is 5.54 Å². The van der Waals surface area contributed by atoms with Crippen molar-refractivity contribution in [2.75, 3.05) is 0 Å². The molecule has 1 N–H and O–H groups in total. The zero-order valence-electron chi connectivity index (χ0n) is 16.0. The molecule has 0 fully saturated rings. The number of Topliss-reactive ketones (excluding diaryl/α,β-unsaturated/α-hetero) is 1. The summed E-state index contributed by atoms with van der Waals surface area (Å²) >= 11 is 1.38. The van der Waals surface area contributed by atoms with Crippen molar-refractivity contribution in [2.24, 2.45) is 0 Å². The Bertz CT molecular complexity index is 1110. The molecule has 0 saturated carbocycles. The topological polar surface area (TPSA) is 76.5 Å². The first-order chi connectivity index (χ1) is 13.4. The predicted octanol–water partition coefficient (Wildman–Crippen LogP) is 4.63. The van der Waals surface area contributed by atoms with Crippen LogP contribution in [0.3, 0.4) is 0 Å². The van der Waals surface area contributed by atoms with E-state index in [9.17, 15) is 4.79 Å². The minimum atomic E-state index is -0.451. The summed E-state index contributed by atoms with van der Waals surface area (Å²) in [6.07, 6.45) is 1.79. The van der Waals surface area contributed by atoms with Crippen LogP contribution < -0.4 is 0 Å². The Morgan fingerprint density at radius 1 is 1.07 bits per heavy atom. The molecule has 0 spiro atoms. The van der Waals surface area contributed by atoms with Gasteiger partial charge in [0, 0.05) is 22.7 Å². The maximum atomic E-state index is 13.6. The first-order valence-electron chi connectivity index (χ1n) is 9.06. The fourth-order valence-corrected chi connectivity index (χ4v) is 4.33. The van der Waals surface area contributed by atoms with Crippen LogP contribution in [0, 0.1) is 0 Å². The van der Waals surface area contributed by atoms with E-state index in [0.717, 1.165) is 16.5 Å². The van der Waals surface area contributed by atoms with Gasteiger partial charge in [0.1, 0.15) is 5.25 Å². The van der Waals surface area contributed by atoms with Crippen LogP contribution in [0.1, 0.15) is 41.9 Å². The molecule has 0 aliphatic heterocycles. The Balaban J connectivity index is 1.77. The predicted molar refractivity (Wildman–Crippen MR) is 110 cm³/mol. The number of aromatic amines is 1. The number of aromatic nitrogens is 5. The van der Waals surface area contributed by atoms with Gasteiger partial charge in [-0.1, -0.05) is 60.3 Å². The summed E-state index contributed by atoms with van der Waals surface area (Å²) in [5.41, 5.74) is 2.26. The van der Waals surface area contributed by atoms with E-state index in [1.54, 1.807) is 10.9 Å². The highest BCUT2D eigenvalue weighted by molar-refractivity contribution is 8.00. The molecular weight excluding hydrogens is 370 g/mol. The molecule has 1 atom stereocenters. The molecule has 6 nitrogen and oxygen atoms in total. The van der Waals surface area contributed by atoms with Gasteiger partial charge in [-0.3, -0.25) is 4.79 Å². The summed E-state index contributed by atoms with van der Waals surface area (Å²) in [5, 5.41) is 13.2. The van der Waals surface area contributed by atoms with Crippen LogP contribution in [0.4, 0.5) is 0 Å². The molecule has 4 aromatic rings. The van der Waals surface area contributed by atoms with E-state index in [4.69, 9.17) is 0 Å². The highest BCUT2D eigenvalue weighted by atomic mass is 32.2. The second-order valence-corrected chi connectivity index (χ2v) is 8.64. The quantitative estimate of drug-likeness (QED) is 0.397. The second-order valence-electron chi connectivity index (χ2n) is 7.56. The molecule has 0 aliphatic rings. The molecule has 0 amide bonds. The zero-order valence-corrected chi connectivity index (χ0v) is 16.8. The molecule has 0 unspecified atom stereocenters. The maximum absolute atomic E-state index is 13.6. The monoisotopic (exact) mass is 391 g/mol. The minimum absolute atomic E-state index is 0.0251. The average Bonchev–Trinajstić information content (AvgIpc) is 3.33. The molecule has 2 heterocycles. The molecule has 0 saturated heterocycles. The number of tetrazole rings is 1. The van der Waals surface area contributed by atoms with Crippen LogP contribution in [0.2, 0.25) is 0 Å². The average molecular weight is 392 g/mol. The molecule has 28 heavy (non-hydrogen) atoms. The summed E-state index contributed by atoms with van der Waals surface area (Å²) in [6, 6.07) is 17.6. The van der Waals surface area contributed by atoms with E-state index in [0.29, 0.717) is 10.7 Å². The van der Waals surface area contributed by atoms with Crippen molar-refractivity contribution in [1.82, 2.24) is 25.2 Å². The molecule has 0 radical (unpaired) electrons. The van der Waals surface area contributed by atoms with Gasteiger partial charge in [0.25, 0.3) is 0 Å². The fourth-order valence-electron chi connectivity index (χ4n) is 3.10. The summed E-state index contributed by atoms with van der Waals surface area (Å²) < 4.78 is 1.76. The Labute approximate surface area is 167 Å². The van der Waals surface area contributed by atoms with Crippen LogP contribution in [0.25, 0.3) is 10.9 Å². The Morgan fingerprint density at radius 2 is 1.79 bits per heavy atom. The van der Waals surface area contributed by atoms with E-state index in [1.807, 2.05) is 75.4 Å². The molecular formula is C21H21N5OS. The first kappa shape index (κ1) is 18.4. The number of ketones is 1. The van der Waals surface area contributed by atoms with E-state index >= 15 is 0 Å². The molecule has 7 heteroatoms. The van der Waals surface area contributed by atoms with E-state index in [1.165, 1.54) is 11.8 Å². The van der Waals surface area contributed by atoms with E-state index in [-0.39, 0.29) is 11.3 Å². The smallest absolute Gasteiger partial charge is 0.210 e. The lowest BCUT2D eigenvalue weighted by Gasteiger charge is -2.21. The number of nitrogens with zero attached hydrogens (tertiary/aromatic N) is 4. The highest BCUT2D eigenvalue weighted by Gasteiger charge is 2.29. The Morgan fingerprint density at radius 3 is 2.54 bits per heavy atom. The van der Waals surface area contributed by atoms with Crippen LogP contribution >= 0.6 is 11.8 Å². The third-order valence-electron chi connectivity index (χ3n) is 4.49. The number of thioether (sulfide) groups is 1. The zero-order chi connectivity index (χ0) is 19.7. The largest absolute Gasteiger partial charge is 0.360 e. The number of para-hydroxylation sites is 1. The van der Waals surface area contributed by atoms with Crippen LogP contribution in [0.5, 0.6) is 0 Å². The maximum Gasteiger partial charge on any atom is 0.210 e. The Hall–Kier alpha value is -2.93. The molecule has 0 bridgehead atoms. The van der Waals surface area contributed by atoms with Gasteiger partial charge in [-0.2, -0.15) is 0 Å². The normalized spacial score (nSPS) is 13.0. The molecule has 142 valence electrons. The van der Waals surface area contributed by atoms with Gasteiger partial charge >= 0.3 is 0 Å². The van der Waals surface area contributed by atoms with Crippen LogP contribution in [0.15, 0.2) is 66.0 Å². The third-order valence-corrected chi connectivity index (χ3v) is 5.68. The van der Waals surface area contributed by atoms with Gasteiger partial charge in [-0.05, 0) is 42.8 Å². The van der Waals surface area contributed by atoms with Crippen molar-refractivity contribution >= 4 is 28.4 Å². The Kier molecular flexibility index (Phi) is 4.77. The number of benzene rings is 2. The standard InChI is InChI=1S/C21H21N5OS/c1-21(2,3)26-20(23-24-25-26)28-19(14-9-5-4-6-10-14)18(27)16-13-22-17-12-8-7-11-15(16)17/h4-13,19,22H,1-3H3/t19-/m1/s1. The summed E-state index contributed by atoms with van der Waals surface area (Å²) in [5.74, 6) is 0.0251. The van der Waals surface area contributed by atoms with Gasteiger partial charge in [0.15, 0.2) is 5.78 Å². The minimum Gasteiger partial charge on any atom is -0.360 e. The van der Waals surface area contributed by atoms with Crippen molar-refractivity contribution in [2.45, 2.75) is 36.7 Å². The van der Waals surface area contributed by atoms with Crippen molar-refractivity contribution in [3.63, 3.8) is 0 Å². The molecule has 2 aromatic heterocycles. The van der Waals surface area contributed by atoms with Gasteiger partial charge in [-0.15, -0.1) is 5.10 Å². The van der Waals surface area contributed by atoms with Gasteiger partial charge in [-0.25, -0.2) is 4.68 Å². The number of rotatable bonds is 5. The molecule has 4 rings (SSSR count). The molecule has 0 aliphatic carbocycles. The first-order valence-corrected chi connectivity index (χ1v) is 9.94. The van der Waals surface area contributed by atoms with Crippen molar-refractivity contribution in [3.05, 3.63) is 71.9 Å². The lowest BCUT2D eigenvalue weighted by molar-refractivity contribution is 0.0991. The van der Waals surface area contributed by atoms with Crippen molar-refractivity contribution < 1.29 is 4.79 Å². The lowest BCUT2D eigenvalue weighted by atomic mass is 10.0. The van der Waals surface area contributed by atoms with Crippen molar-refractivity contribution in [3.8, 4) is 0 Å². The number of hydrogen-bond donors (Lipinski definition) is 1. The molecule has 2 aromatic carbocycles. The lowest BCUT2D eigenvalue weighted by Crippen LogP contribution is -2.24. The number of H-pyrrole nitrogens is 1. The van der Waals surface area contributed by atoms with E-state index < -0.39 is 5.25 Å². The number of nitrogens with one attached hydrogen (secondary N) is 1. The summed E-state index contributed by atoms with van der Waals surface area (Å²) in [6.45, 7) is 6.10. The third kappa shape index (κ3) is 3.45. The van der Waals surface area contributed by atoms with Gasteiger partial charge in [0.05, 0.1) is 5.54 Å².